The standard InChI is InChI=1S/C9H17N3O2/c13-3-5-14-4-1-2-10-6-9-7-11-8-12-9/h7-8,10,13H,1-6H2,(H,11,12). The summed E-state index contributed by atoms with van der Waals surface area (Å²) in [6.07, 6.45) is 4.42. The highest BCUT2D eigenvalue weighted by atomic mass is 16.5. The first-order valence-electron chi connectivity index (χ1n) is 4.80. The number of hydrogen-bond donors (Lipinski definition) is 3. The average molecular weight is 199 g/mol. The molecule has 0 aromatic carbocycles. The highest BCUT2D eigenvalue weighted by molar-refractivity contribution is 4.92. The van der Waals surface area contributed by atoms with Crippen molar-refractivity contribution in [3.63, 3.8) is 0 Å². The van der Waals surface area contributed by atoms with E-state index in [-0.39, 0.29) is 6.61 Å². The van der Waals surface area contributed by atoms with Gasteiger partial charge in [0.1, 0.15) is 0 Å². The maximum Gasteiger partial charge on any atom is 0.0922 e. The van der Waals surface area contributed by atoms with E-state index in [4.69, 9.17) is 9.84 Å². The average Bonchev–Trinajstić information content (AvgIpc) is 2.69. The van der Waals surface area contributed by atoms with Crippen molar-refractivity contribution in [2.75, 3.05) is 26.4 Å². The molecule has 0 fully saturated rings. The largest absolute Gasteiger partial charge is 0.394 e. The van der Waals surface area contributed by atoms with Crippen molar-refractivity contribution in [2.24, 2.45) is 0 Å². The SMILES string of the molecule is OCCOCCCNCc1cnc[nH]1. The van der Waals surface area contributed by atoms with E-state index < -0.39 is 0 Å². The molecular weight excluding hydrogens is 182 g/mol. The van der Waals surface area contributed by atoms with E-state index in [2.05, 4.69) is 15.3 Å². The number of aliphatic hydroxyl groups is 1. The summed E-state index contributed by atoms with van der Waals surface area (Å²) in [5, 5.41) is 11.7. The van der Waals surface area contributed by atoms with Crippen molar-refractivity contribution >= 4 is 0 Å². The molecule has 1 aromatic heterocycles. The van der Waals surface area contributed by atoms with Gasteiger partial charge in [0, 0.05) is 25.0 Å². The fourth-order valence-electron chi connectivity index (χ4n) is 1.07. The van der Waals surface area contributed by atoms with E-state index in [1.807, 2.05) is 0 Å². The molecule has 1 rings (SSSR count). The quantitative estimate of drug-likeness (QED) is 0.511. The monoisotopic (exact) mass is 199 g/mol. The summed E-state index contributed by atoms with van der Waals surface area (Å²) < 4.78 is 5.11. The van der Waals surface area contributed by atoms with Crippen LogP contribution < -0.4 is 5.32 Å². The van der Waals surface area contributed by atoms with Gasteiger partial charge in [-0.1, -0.05) is 0 Å². The molecular formula is C9H17N3O2. The van der Waals surface area contributed by atoms with Gasteiger partial charge in [-0.2, -0.15) is 0 Å². The highest BCUT2D eigenvalue weighted by Crippen LogP contribution is 1.89. The normalized spacial score (nSPS) is 10.6. The number of aliphatic hydroxyl groups excluding tert-OH is 1. The van der Waals surface area contributed by atoms with Crippen LogP contribution in [-0.2, 0) is 11.3 Å². The summed E-state index contributed by atoms with van der Waals surface area (Å²) in [5.41, 5.74) is 1.08. The molecule has 80 valence electrons. The number of hydrogen-bond acceptors (Lipinski definition) is 4. The second kappa shape index (κ2) is 7.49. The second-order valence-electron chi connectivity index (χ2n) is 2.94. The van der Waals surface area contributed by atoms with Crippen LogP contribution in [0.1, 0.15) is 12.1 Å². The predicted octanol–water partition coefficient (Wildman–Crippen LogP) is -0.102. The molecule has 5 nitrogen and oxygen atoms in total. The van der Waals surface area contributed by atoms with Gasteiger partial charge in [-0.05, 0) is 13.0 Å². The maximum absolute atomic E-state index is 8.44. The topological polar surface area (TPSA) is 70.2 Å². The minimum atomic E-state index is 0.0988. The molecule has 0 bridgehead atoms. The third-order valence-electron chi connectivity index (χ3n) is 1.75. The van der Waals surface area contributed by atoms with Gasteiger partial charge in [-0.3, -0.25) is 0 Å². The molecule has 0 aliphatic carbocycles. The Labute approximate surface area is 83.5 Å². The summed E-state index contributed by atoms with van der Waals surface area (Å²) in [4.78, 5) is 6.92. The van der Waals surface area contributed by atoms with Gasteiger partial charge in [0.25, 0.3) is 0 Å². The molecule has 5 heteroatoms. The second-order valence-corrected chi connectivity index (χ2v) is 2.94. The van der Waals surface area contributed by atoms with Crippen LogP contribution >= 0.6 is 0 Å². The molecule has 0 saturated carbocycles. The molecule has 0 atom stereocenters. The number of nitrogens with zero attached hydrogens (tertiary/aromatic N) is 1. The van der Waals surface area contributed by atoms with Gasteiger partial charge >= 0.3 is 0 Å². The zero-order valence-electron chi connectivity index (χ0n) is 8.20. The van der Waals surface area contributed by atoms with Gasteiger partial charge in [0.15, 0.2) is 0 Å². The van der Waals surface area contributed by atoms with Crippen molar-refractivity contribution in [2.45, 2.75) is 13.0 Å². The molecule has 0 unspecified atom stereocenters. The van der Waals surface area contributed by atoms with Crippen LogP contribution in [0.2, 0.25) is 0 Å². The summed E-state index contributed by atoms with van der Waals surface area (Å²) in [5.74, 6) is 0. The van der Waals surface area contributed by atoms with E-state index in [0.29, 0.717) is 13.2 Å². The zero-order chi connectivity index (χ0) is 10.1. The Morgan fingerprint density at radius 1 is 1.50 bits per heavy atom. The predicted molar refractivity (Wildman–Crippen MR) is 52.8 cm³/mol. The van der Waals surface area contributed by atoms with Crippen LogP contribution in [0.15, 0.2) is 12.5 Å². The number of nitrogens with one attached hydrogen (secondary N) is 2. The third-order valence-corrected chi connectivity index (χ3v) is 1.75. The van der Waals surface area contributed by atoms with Gasteiger partial charge in [-0.25, -0.2) is 4.98 Å². The highest BCUT2D eigenvalue weighted by Gasteiger charge is 1.92. The van der Waals surface area contributed by atoms with Crippen LogP contribution in [0, 0.1) is 0 Å². The molecule has 1 heterocycles. The molecule has 0 radical (unpaired) electrons. The number of aromatic nitrogens is 2. The van der Waals surface area contributed by atoms with Crippen molar-refractivity contribution in [1.29, 1.82) is 0 Å². The lowest BCUT2D eigenvalue weighted by Crippen LogP contribution is -2.16. The van der Waals surface area contributed by atoms with Gasteiger partial charge in [0.05, 0.1) is 19.5 Å². The first-order chi connectivity index (χ1) is 6.93. The Kier molecular flexibility index (Phi) is 5.97. The lowest BCUT2D eigenvalue weighted by atomic mass is 10.4. The fourth-order valence-corrected chi connectivity index (χ4v) is 1.07. The first kappa shape index (κ1) is 11.2. The van der Waals surface area contributed by atoms with E-state index >= 15 is 0 Å². The minimum absolute atomic E-state index is 0.0988. The summed E-state index contributed by atoms with van der Waals surface area (Å²) >= 11 is 0. The van der Waals surface area contributed by atoms with E-state index in [0.717, 1.165) is 25.2 Å². The van der Waals surface area contributed by atoms with Crippen LogP contribution in [0.25, 0.3) is 0 Å². The molecule has 0 amide bonds. The van der Waals surface area contributed by atoms with Crippen molar-refractivity contribution in [1.82, 2.24) is 15.3 Å². The number of rotatable bonds is 8. The molecule has 0 spiro atoms. The number of imidazole rings is 1. The Bertz CT molecular complexity index is 214. The Morgan fingerprint density at radius 2 is 2.43 bits per heavy atom. The Morgan fingerprint density at radius 3 is 3.14 bits per heavy atom. The van der Waals surface area contributed by atoms with Crippen LogP contribution in [0.4, 0.5) is 0 Å². The smallest absolute Gasteiger partial charge is 0.0922 e. The van der Waals surface area contributed by atoms with Crippen LogP contribution in [0.5, 0.6) is 0 Å². The maximum atomic E-state index is 8.44. The Balaban J connectivity index is 1.85. The van der Waals surface area contributed by atoms with Crippen molar-refractivity contribution < 1.29 is 9.84 Å². The molecule has 0 aliphatic rings. The third kappa shape index (κ3) is 4.96. The van der Waals surface area contributed by atoms with E-state index in [1.165, 1.54) is 0 Å². The van der Waals surface area contributed by atoms with E-state index in [1.54, 1.807) is 12.5 Å². The van der Waals surface area contributed by atoms with Gasteiger partial charge < -0.3 is 20.1 Å². The molecule has 14 heavy (non-hydrogen) atoms. The molecule has 0 saturated heterocycles. The van der Waals surface area contributed by atoms with E-state index in [9.17, 15) is 0 Å². The lowest BCUT2D eigenvalue weighted by molar-refractivity contribution is 0.0907. The number of ether oxygens (including phenoxy) is 1. The minimum Gasteiger partial charge on any atom is -0.394 e. The molecule has 0 aliphatic heterocycles. The summed E-state index contributed by atoms with van der Waals surface area (Å²) in [6, 6.07) is 0. The van der Waals surface area contributed by atoms with Gasteiger partial charge in [0.2, 0.25) is 0 Å². The summed E-state index contributed by atoms with van der Waals surface area (Å²) in [6.45, 7) is 2.93. The van der Waals surface area contributed by atoms with Crippen LogP contribution in [0.3, 0.4) is 0 Å². The summed E-state index contributed by atoms with van der Waals surface area (Å²) in [7, 11) is 0. The Hall–Kier alpha value is -0.910. The molecule has 3 N–H and O–H groups in total. The lowest BCUT2D eigenvalue weighted by Gasteiger charge is -2.03. The fraction of sp³-hybridized carbons (Fsp3) is 0.667. The molecule has 1 aromatic rings. The number of aromatic amines is 1. The number of H-pyrrole nitrogens is 1. The van der Waals surface area contributed by atoms with Gasteiger partial charge in [-0.15, -0.1) is 0 Å². The van der Waals surface area contributed by atoms with Crippen molar-refractivity contribution in [3.05, 3.63) is 18.2 Å². The zero-order valence-corrected chi connectivity index (χ0v) is 8.20. The van der Waals surface area contributed by atoms with Crippen LogP contribution in [-0.4, -0.2) is 41.4 Å². The first-order valence-corrected chi connectivity index (χ1v) is 4.80. The van der Waals surface area contributed by atoms with Crippen molar-refractivity contribution in [3.8, 4) is 0 Å².